The second-order valence-electron chi connectivity index (χ2n) is 3.17. The van der Waals surface area contributed by atoms with Crippen LogP contribution in [0, 0.1) is 5.92 Å². The van der Waals surface area contributed by atoms with Gasteiger partial charge in [0.05, 0.1) is 5.92 Å². The summed E-state index contributed by atoms with van der Waals surface area (Å²) >= 11 is 0. The maximum absolute atomic E-state index is 12.1. The number of halogens is 3. The van der Waals surface area contributed by atoms with E-state index >= 15 is 0 Å². The fourth-order valence-corrected chi connectivity index (χ4v) is 1.52. The molecule has 2 atom stereocenters. The number of nitrogens with two attached hydrogens (primary N) is 1. The summed E-state index contributed by atoms with van der Waals surface area (Å²) < 4.78 is 36.2. The Balaban J connectivity index is 2.46. The third-order valence-corrected chi connectivity index (χ3v) is 2.18. The van der Waals surface area contributed by atoms with Gasteiger partial charge in [-0.05, 0) is 19.3 Å². The molecule has 0 radical (unpaired) electrons. The fraction of sp³-hybridized carbons (Fsp3) is 1.00. The normalized spacial score (nSPS) is 33.8. The van der Waals surface area contributed by atoms with Crippen LogP contribution in [0.5, 0.6) is 0 Å². The molecule has 11 heavy (non-hydrogen) atoms. The molecule has 0 heterocycles. The predicted molar refractivity (Wildman–Crippen MR) is 36.0 cm³/mol. The van der Waals surface area contributed by atoms with E-state index in [2.05, 4.69) is 0 Å². The van der Waals surface area contributed by atoms with Crippen molar-refractivity contribution < 1.29 is 13.2 Å². The number of rotatable bonds is 0. The molecule has 1 saturated carbocycles. The molecule has 1 rings (SSSR count). The molecule has 1 nitrogen and oxygen atoms in total. The number of hydrogen-bond acceptors (Lipinski definition) is 1. The molecule has 66 valence electrons. The molecule has 0 saturated heterocycles. The lowest BCUT2D eigenvalue weighted by Crippen LogP contribution is -2.35. The monoisotopic (exact) mass is 167 g/mol. The van der Waals surface area contributed by atoms with Gasteiger partial charge in [0, 0.05) is 6.04 Å². The van der Waals surface area contributed by atoms with Gasteiger partial charge in [-0.15, -0.1) is 0 Å². The van der Waals surface area contributed by atoms with Crippen LogP contribution in [0.4, 0.5) is 13.2 Å². The first kappa shape index (κ1) is 8.84. The van der Waals surface area contributed by atoms with Gasteiger partial charge in [-0.3, -0.25) is 0 Å². The lowest BCUT2D eigenvalue weighted by molar-refractivity contribution is -0.182. The van der Waals surface area contributed by atoms with E-state index in [1.807, 2.05) is 0 Å². The minimum Gasteiger partial charge on any atom is -0.328 e. The first-order valence-electron chi connectivity index (χ1n) is 3.82. The van der Waals surface area contributed by atoms with E-state index in [4.69, 9.17) is 5.73 Å². The molecule has 0 aliphatic heterocycles. The largest absolute Gasteiger partial charge is 0.391 e. The van der Waals surface area contributed by atoms with E-state index in [1.54, 1.807) is 0 Å². The molecule has 0 aromatic rings. The Bertz CT molecular complexity index is 132. The minimum absolute atomic E-state index is 0.115. The average Bonchev–Trinajstić information content (AvgIpc) is 1.86. The molecule has 1 aliphatic carbocycles. The third-order valence-electron chi connectivity index (χ3n) is 2.18. The molecule has 0 amide bonds. The third kappa shape index (κ3) is 2.36. The van der Waals surface area contributed by atoms with Crippen molar-refractivity contribution in [2.24, 2.45) is 11.7 Å². The zero-order valence-corrected chi connectivity index (χ0v) is 6.19. The van der Waals surface area contributed by atoms with Crippen LogP contribution in [-0.4, -0.2) is 12.2 Å². The summed E-state index contributed by atoms with van der Waals surface area (Å²) in [5.74, 6) is -1.15. The van der Waals surface area contributed by atoms with E-state index in [1.165, 1.54) is 0 Å². The standard InChI is InChI=1S/C7H12F3N/c8-7(9,10)5-2-1-3-6(11)4-5/h5-6H,1-4,11H2/t5-,6+/m1/s1. The maximum atomic E-state index is 12.1. The summed E-state index contributed by atoms with van der Waals surface area (Å²) in [6, 6.07) is -0.240. The molecule has 4 heteroatoms. The molecule has 0 aromatic heterocycles. The Morgan fingerprint density at radius 2 is 1.82 bits per heavy atom. The fourth-order valence-electron chi connectivity index (χ4n) is 1.52. The van der Waals surface area contributed by atoms with Gasteiger partial charge in [0.25, 0.3) is 0 Å². The van der Waals surface area contributed by atoms with Crippen molar-refractivity contribution in [3.05, 3.63) is 0 Å². The second kappa shape index (κ2) is 3.01. The Labute approximate surface area is 63.8 Å². The summed E-state index contributed by atoms with van der Waals surface area (Å²) in [5, 5.41) is 0. The summed E-state index contributed by atoms with van der Waals surface area (Å²) in [5.41, 5.74) is 5.42. The van der Waals surface area contributed by atoms with Gasteiger partial charge < -0.3 is 5.73 Å². The van der Waals surface area contributed by atoms with Crippen molar-refractivity contribution in [2.45, 2.75) is 37.9 Å². The topological polar surface area (TPSA) is 26.0 Å². The molecule has 0 unspecified atom stereocenters. The van der Waals surface area contributed by atoms with E-state index < -0.39 is 12.1 Å². The smallest absolute Gasteiger partial charge is 0.328 e. The molecule has 0 aromatic carbocycles. The summed E-state index contributed by atoms with van der Waals surface area (Å²) in [4.78, 5) is 0. The van der Waals surface area contributed by atoms with Gasteiger partial charge in [-0.25, -0.2) is 0 Å². The van der Waals surface area contributed by atoms with Crippen LogP contribution in [0.3, 0.4) is 0 Å². The number of alkyl halides is 3. The van der Waals surface area contributed by atoms with Gasteiger partial charge >= 0.3 is 6.18 Å². The van der Waals surface area contributed by atoms with Gasteiger partial charge in [-0.2, -0.15) is 13.2 Å². The molecule has 1 fully saturated rings. The van der Waals surface area contributed by atoms with E-state index in [0.717, 1.165) is 6.42 Å². The summed E-state index contributed by atoms with van der Waals surface area (Å²) in [6.07, 6.45) is -2.29. The highest BCUT2D eigenvalue weighted by Crippen LogP contribution is 2.36. The Morgan fingerprint density at radius 3 is 2.18 bits per heavy atom. The molecule has 1 aliphatic rings. The maximum Gasteiger partial charge on any atom is 0.391 e. The number of hydrogen-bond donors (Lipinski definition) is 1. The van der Waals surface area contributed by atoms with Crippen molar-refractivity contribution in [3.63, 3.8) is 0 Å². The van der Waals surface area contributed by atoms with Gasteiger partial charge in [-0.1, -0.05) is 6.42 Å². The highest BCUT2D eigenvalue weighted by Gasteiger charge is 2.41. The Morgan fingerprint density at radius 1 is 1.18 bits per heavy atom. The first-order chi connectivity index (χ1) is 5.00. The van der Waals surface area contributed by atoms with Crippen molar-refractivity contribution in [2.75, 3.05) is 0 Å². The van der Waals surface area contributed by atoms with E-state index in [9.17, 15) is 13.2 Å². The van der Waals surface area contributed by atoms with Crippen molar-refractivity contribution in [3.8, 4) is 0 Å². The molecular formula is C7H12F3N. The summed E-state index contributed by atoms with van der Waals surface area (Å²) in [7, 11) is 0. The second-order valence-corrected chi connectivity index (χ2v) is 3.17. The van der Waals surface area contributed by atoms with Crippen LogP contribution in [0.2, 0.25) is 0 Å². The zero-order valence-electron chi connectivity index (χ0n) is 6.19. The van der Waals surface area contributed by atoms with Crippen molar-refractivity contribution in [1.29, 1.82) is 0 Å². The van der Waals surface area contributed by atoms with Gasteiger partial charge in [0.2, 0.25) is 0 Å². The Hall–Kier alpha value is -0.250. The van der Waals surface area contributed by atoms with E-state index in [0.29, 0.717) is 6.42 Å². The zero-order chi connectivity index (χ0) is 8.48. The average molecular weight is 167 g/mol. The molecule has 0 bridgehead atoms. The van der Waals surface area contributed by atoms with Crippen LogP contribution in [-0.2, 0) is 0 Å². The highest BCUT2D eigenvalue weighted by molar-refractivity contribution is 4.79. The highest BCUT2D eigenvalue weighted by atomic mass is 19.4. The van der Waals surface area contributed by atoms with Crippen LogP contribution < -0.4 is 5.73 Å². The van der Waals surface area contributed by atoms with E-state index in [-0.39, 0.29) is 18.9 Å². The molecule has 0 spiro atoms. The molecule has 2 N–H and O–H groups in total. The van der Waals surface area contributed by atoms with Gasteiger partial charge in [0.15, 0.2) is 0 Å². The lowest BCUT2D eigenvalue weighted by atomic mass is 9.86. The quantitative estimate of drug-likeness (QED) is 0.587. The van der Waals surface area contributed by atoms with Crippen molar-refractivity contribution in [1.82, 2.24) is 0 Å². The Kier molecular flexibility index (Phi) is 2.42. The SMILES string of the molecule is N[C@H]1CCC[C@@H](C(F)(F)F)C1. The summed E-state index contributed by atoms with van der Waals surface area (Å²) in [6.45, 7) is 0. The van der Waals surface area contributed by atoms with Gasteiger partial charge in [0.1, 0.15) is 0 Å². The van der Waals surface area contributed by atoms with Crippen LogP contribution in [0.25, 0.3) is 0 Å². The predicted octanol–water partition coefficient (Wildman–Crippen LogP) is 2.07. The van der Waals surface area contributed by atoms with Crippen molar-refractivity contribution >= 4 is 0 Å². The first-order valence-corrected chi connectivity index (χ1v) is 3.82. The van der Waals surface area contributed by atoms with Crippen LogP contribution in [0.1, 0.15) is 25.7 Å². The van der Waals surface area contributed by atoms with Crippen LogP contribution >= 0.6 is 0 Å². The minimum atomic E-state index is -4.03. The lowest BCUT2D eigenvalue weighted by Gasteiger charge is -2.28. The molecular weight excluding hydrogens is 155 g/mol. The van der Waals surface area contributed by atoms with Crippen LogP contribution in [0.15, 0.2) is 0 Å².